The van der Waals surface area contributed by atoms with E-state index in [4.69, 9.17) is 5.10 Å². The van der Waals surface area contributed by atoms with E-state index in [1.165, 1.54) is 16.8 Å². The number of hydrogen-bond donors (Lipinski definition) is 0. The lowest BCUT2D eigenvalue weighted by Crippen LogP contribution is -2.48. The number of carbonyl (C=O) groups is 1. The molecule has 1 aliphatic carbocycles. The molecule has 1 aliphatic heterocycles. The van der Waals surface area contributed by atoms with Crippen molar-refractivity contribution in [2.75, 3.05) is 26.2 Å². The summed E-state index contributed by atoms with van der Waals surface area (Å²) < 4.78 is 1.99. The number of amides is 1. The first kappa shape index (κ1) is 19.1. The molecule has 30 heavy (non-hydrogen) atoms. The second-order valence-electron chi connectivity index (χ2n) is 8.43. The van der Waals surface area contributed by atoms with Crippen molar-refractivity contribution in [2.45, 2.75) is 32.7 Å². The standard InChI is InChI=1S/C25H28N4O/c1-19-7-5-8-20(17-19)18-27-13-15-28(16-14-27)25(30)24-22-11-6-12-23(22)29(26-24)21-9-3-2-4-10-21/h2-5,7-10,17H,6,11-16,18H2,1H3. The highest BCUT2D eigenvalue weighted by atomic mass is 16.2. The largest absolute Gasteiger partial charge is 0.335 e. The molecule has 1 aromatic heterocycles. The Bertz CT molecular complexity index is 1050. The Labute approximate surface area is 177 Å². The lowest BCUT2D eigenvalue weighted by Gasteiger charge is -2.34. The van der Waals surface area contributed by atoms with Crippen LogP contribution in [0.15, 0.2) is 54.6 Å². The third-order valence-corrected chi connectivity index (χ3v) is 6.28. The zero-order chi connectivity index (χ0) is 20.5. The molecule has 0 saturated carbocycles. The number of aromatic nitrogens is 2. The summed E-state index contributed by atoms with van der Waals surface area (Å²) in [7, 11) is 0. The molecule has 2 aliphatic rings. The molecule has 3 aromatic rings. The Kier molecular flexibility index (Phi) is 5.13. The third kappa shape index (κ3) is 3.65. The molecule has 1 amide bonds. The maximum Gasteiger partial charge on any atom is 0.274 e. The fourth-order valence-corrected chi connectivity index (χ4v) is 4.72. The van der Waals surface area contributed by atoms with Crippen LogP contribution in [0, 0.1) is 6.92 Å². The van der Waals surface area contributed by atoms with Crippen LogP contribution < -0.4 is 0 Å². The number of benzene rings is 2. The number of hydrogen-bond acceptors (Lipinski definition) is 3. The molecule has 2 heterocycles. The zero-order valence-corrected chi connectivity index (χ0v) is 17.6. The van der Waals surface area contributed by atoms with Crippen LogP contribution in [0.4, 0.5) is 0 Å². The molecule has 5 heteroatoms. The number of para-hydroxylation sites is 1. The van der Waals surface area contributed by atoms with Crippen molar-refractivity contribution in [1.29, 1.82) is 0 Å². The normalized spacial score (nSPS) is 16.6. The quantitative estimate of drug-likeness (QED) is 0.672. The minimum absolute atomic E-state index is 0.0954. The summed E-state index contributed by atoms with van der Waals surface area (Å²) in [6.07, 6.45) is 3.05. The van der Waals surface area contributed by atoms with Gasteiger partial charge in [0, 0.05) is 44.0 Å². The van der Waals surface area contributed by atoms with Crippen LogP contribution in [0.3, 0.4) is 0 Å². The molecule has 1 saturated heterocycles. The van der Waals surface area contributed by atoms with Gasteiger partial charge in [0.25, 0.3) is 5.91 Å². The minimum Gasteiger partial charge on any atom is -0.335 e. The first-order valence-electron chi connectivity index (χ1n) is 10.9. The summed E-state index contributed by atoms with van der Waals surface area (Å²) in [5, 5.41) is 4.79. The van der Waals surface area contributed by atoms with E-state index in [-0.39, 0.29) is 5.91 Å². The predicted octanol–water partition coefficient (Wildman–Crippen LogP) is 3.63. The monoisotopic (exact) mass is 400 g/mol. The minimum atomic E-state index is 0.0954. The van der Waals surface area contributed by atoms with Gasteiger partial charge < -0.3 is 4.90 Å². The van der Waals surface area contributed by atoms with Crippen LogP contribution in [0.5, 0.6) is 0 Å². The fraction of sp³-hybridized carbons (Fsp3) is 0.360. The number of carbonyl (C=O) groups excluding carboxylic acids is 1. The summed E-state index contributed by atoms with van der Waals surface area (Å²) in [5.41, 5.74) is 6.71. The van der Waals surface area contributed by atoms with Gasteiger partial charge in [0.2, 0.25) is 0 Å². The van der Waals surface area contributed by atoms with Crippen molar-refractivity contribution >= 4 is 5.91 Å². The lowest BCUT2D eigenvalue weighted by molar-refractivity contribution is 0.0621. The molecule has 5 rings (SSSR count). The average molecular weight is 401 g/mol. The smallest absolute Gasteiger partial charge is 0.274 e. The summed E-state index contributed by atoms with van der Waals surface area (Å²) in [5.74, 6) is 0.0954. The first-order chi connectivity index (χ1) is 14.7. The molecule has 0 radical (unpaired) electrons. The Morgan fingerprint density at radius 1 is 0.967 bits per heavy atom. The van der Waals surface area contributed by atoms with Gasteiger partial charge in [-0.3, -0.25) is 9.69 Å². The van der Waals surface area contributed by atoms with Gasteiger partial charge in [-0.25, -0.2) is 4.68 Å². The van der Waals surface area contributed by atoms with Crippen molar-refractivity contribution in [1.82, 2.24) is 19.6 Å². The van der Waals surface area contributed by atoms with Gasteiger partial charge in [-0.05, 0) is 43.9 Å². The van der Waals surface area contributed by atoms with Crippen molar-refractivity contribution in [3.8, 4) is 5.69 Å². The van der Waals surface area contributed by atoms with Gasteiger partial charge in [-0.15, -0.1) is 0 Å². The maximum atomic E-state index is 13.3. The van der Waals surface area contributed by atoms with Crippen molar-refractivity contribution < 1.29 is 4.79 Å². The zero-order valence-electron chi connectivity index (χ0n) is 17.6. The Hall–Kier alpha value is -2.92. The summed E-state index contributed by atoms with van der Waals surface area (Å²) in [6.45, 7) is 6.41. The second-order valence-corrected chi connectivity index (χ2v) is 8.43. The molecular formula is C25H28N4O. The van der Waals surface area contributed by atoms with Crippen LogP contribution >= 0.6 is 0 Å². The van der Waals surface area contributed by atoms with E-state index in [0.29, 0.717) is 5.69 Å². The van der Waals surface area contributed by atoms with Crippen molar-refractivity contribution in [3.63, 3.8) is 0 Å². The van der Waals surface area contributed by atoms with E-state index in [0.717, 1.165) is 63.2 Å². The highest BCUT2D eigenvalue weighted by Gasteiger charge is 2.31. The molecule has 0 bridgehead atoms. The van der Waals surface area contributed by atoms with E-state index < -0.39 is 0 Å². The number of rotatable bonds is 4. The van der Waals surface area contributed by atoms with Gasteiger partial charge in [0.1, 0.15) is 0 Å². The van der Waals surface area contributed by atoms with E-state index >= 15 is 0 Å². The molecule has 5 nitrogen and oxygen atoms in total. The van der Waals surface area contributed by atoms with Crippen LogP contribution in [0.1, 0.15) is 39.3 Å². The summed E-state index contributed by atoms with van der Waals surface area (Å²) >= 11 is 0. The molecule has 0 unspecified atom stereocenters. The summed E-state index contributed by atoms with van der Waals surface area (Å²) in [4.78, 5) is 17.8. The first-order valence-corrected chi connectivity index (χ1v) is 10.9. The highest BCUT2D eigenvalue weighted by Crippen LogP contribution is 2.28. The van der Waals surface area contributed by atoms with Crippen LogP contribution in [0.2, 0.25) is 0 Å². The molecule has 154 valence electrons. The topological polar surface area (TPSA) is 41.4 Å². The van der Waals surface area contributed by atoms with Gasteiger partial charge in [0.15, 0.2) is 5.69 Å². The number of nitrogens with zero attached hydrogens (tertiary/aromatic N) is 4. The highest BCUT2D eigenvalue weighted by molar-refractivity contribution is 5.94. The van der Waals surface area contributed by atoms with Crippen LogP contribution in [-0.4, -0.2) is 51.7 Å². The van der Waals surface area contributed by atoms with E-state index in [2.05, 4.69) is 48.2 Å². The fourth-order valence-electron chi connectivity index (χ4n) is 4.72. The van der Waals surface area contributed by atoms with Crippen molar-refractivity contribution in [2.24, 2.45) is 0 Å². The number of piperazine rings is 1. The number of aryl methyl sites for hydroxylation is 1. The molecule has 1 fully saturated rings. The molecule has 0 spiro atoms. The van der Waals surface area contributed by atoms with Crippen LogP contribution in [0.25, 0.3) is 5.69 Å². The Balaban J connectivity index is 1.29. The van der Waals surface area contributed by atoms with Gasteiger partial charge >= 0.3 is 0 Å². The SMILES string of the molecule is Cc1cccc(CN2CCN(C(=O)c3nn(-c4ccccc4)c4c3CCC4)CC2)c1. The molecular weight excluding hydrogens is 372 g/mol. The Morgan fingerprint density at radius 2 is 1.77 bits per heavy atom. The number of fused-ring (bicyclic) bond motifs is 1. The third-order valence-electron chi connectivity index (χ3n) is 6.28. The van der Waals surface area contributed by atoms with E-state index in [1.807, 2.05) is 27.8 Å². The van der Waals surface area contributed by atoms with Gasteiger partial charge in [0.05, 0.1) is 5.69 Å². The van der Waals surface area contributed by atoms with E-state index in [9.17, 15) is 4.79 Å². The van der Waals surface area contributed by atoms with Crippen LogP contribution in [-0.2, 0) is 19.4 Å². The molecule has 0 atom stereocenters. The average Bonchev–Trinajstić information content (AvgIpc) is 3.37. The molecule has 0 N–H and O–H groups in total. The lowest BCUT2D eigenvalue weighted by atomic mass is 10.1. The van der Waals surface area contributed by atoms with E-state index in [1.54, 1.807) is 0 Å². The van der Waals surface area contributed by atoms with Crippen molar-refractivity contribution in [3.05, 3.63) is 82.7 Å². The predicted molar refractivity (Wildman–Crippen MR) is 118 cm³/mol. The van der Waals surface area contributed by atoms with Gasteiger partial charge in [-0.2, -0.15) is 5.10 Å². The van der Waals surface area contributed by atoms with Gasteiger partial charge in [-0.1, -0.05) is 48.0 Å². The molecule has 2 aromatic carbocycles. The maximum absolute atomic E-state index is 13.3. The Morgan fingerprint density at radius 3 is 2.53 bits per heavy atom. The second kappa shape index (κ2) is 8.07. The summed E-state index contributed by atoms with van der Waals surface area (Å²) in [6, 6.07) is 18.9.